The van der Waals surface area contributed by atoms with Crippen LogP contribution in [0.25, 0.3) is 21.3 Å². The third kappa shape index (κ3) is 2.97. The number of carbonyl (C=O) groups excluding carboxylic acids is 1. The molecule has 1 unspecified atom stereocenters. The number of hydrogen-bond acceptors (Lipinski definition) is 7. The molecule has 134 valence electrons. The van der Waals surface area contributed by atoms with Gasteiger partial charge in [-0.3, -0.25) is 4.79 Å². The van der Waals surface area contributed by atoms with Crippen LogP contribution in [-0.4, -0.2) is 48.7 Å². The van der Waals surface area contributed by atoms with Crippen LogP contribution in [0.2, 0.25) is 0 Å². The number of carbonyl (C=O) groups is 1. The zero-order chi connectivity index (χ0) is 18.1. The van der Waals surface area contributed by atoms with Crippen LogP contribution in [0.4, 0.5) is 5.82 Å². The molecule has 3 aromatic rings. The minimum atomic E-state index is -0.378. The molecule has 1 aliphatic rings. The summed E-state index contributed by atoms with van der Waals surface area (Å²) in [7, 11) is 1.65. The Hall–Kier alpha value is -2.71. The molecule has 3 heterocycles. The van der Waals surface area contributed by atoms with Crippen molar-refractivity contribution in [3.63, 3.8) is 0 Å². The van der Waals surface area contributed by atoms with Gasteiger partial charge in [0.1, 0.15) is 28.8 Å². The minimum Gasteiger partial charge on any atom is -0.497 e. The molecule has 4 rings (SSSR count). The second kappa shape index (κ2) is 6.89. The molecule has 26 heavy (non-hydrogen) atoms. The van der Waals surface area contributed by atoms with Gasteiger partial charge in [0.25, 0.3) is 0 Å². The zero-order valence-corrected chi connectivity index (χ0v) is 15.1. The summed E-state index contributed by atoms with van der Waals surface area (Å²) in [6.07, 6.45) is 1.58. The van der Waals surface area contributed by atoms with Gasteiger partial charge in [-0.25, -0.2) is 9.97 Å². The van der Waals surface area contributed by atoms with E-state index in [2.05, 4.69) is 25.6 Å². The van der Waals surface area contributed by atoms with Gasteiger partial charge in [-0.1, -0.05) is 12.1 Å². The van der Waals surface area contributed by atoms with Crippen molar-refractivity contribution in [2.45, 2.75) is 6.04 Å². The smallest absolute Gasteiger partial charge is 0.236 e. The van der Waals surface area contributed by atoms with Gasteiger partial charge in [-0.2, -0.15) is 0 Å². The summed E-state index contributed by atoms with van der Waals surface area (Å²) in [4.78, 5) is 23.6. The lowest BCUT2D eigenvalue weighted by atomic mass is 10.1. The van der Waals surface area contributed by atoms with Crippen LogP contribution in [0, 0.1) is 0 Å². The fourth-order valence-corrected chi connectivity index (χ4v) is 4.13. The third-order valence-electron chi connectivity index (χ3n) is 4.57. The van der Waals surface area contributed by atoms with Crippen LogP contribution in [0.3, 0.4) is 0 Å². The normalized spacial score (nSPS) is 17.4. The monoisotopic (exact) mass is 369 g/mol. The van der Waals surface area contributed by atoms with Gasteiger partial charge in [-0.05, 0) is 17.7 Å². The number of nitrogens with zero attached hydrogens (tertiary/aromatic N) is 3. The Balaban J connectivity index is 1.78. The molecule has 1 atom stereocenters. The summed E-state index contributed by atoms with van der Waals surface area (Å²) in [5.41, 5.74) is 7.64. The molecule has 3 N–H and O–H groups in total. The van der Waals surface area contributed by atoms with Gasteiger partial charge in [0.05, 0.1) is 12.5 Å². The van der Waals surface area contributed by atoms with E-state index in [1.54, 1.807) is 24.8 Å². The second-order valence-corrected chi connectivity index (χ2v) is 6.97. The van der Waals surface area contributed by atoms with Crippen molar-refractivity contribution in [2.75, 3.05) is 31.6 Å². The van der Waals surface area contributed by atoms with E-state index in [1.165, 1.54) is 0 Å². The van der Waals surface area contributed by atoms with Crippen molar-refractivity contribution < 1.29 is 9.53 Å². The number of piperazine rings is 1. The molecule has 0 bridgehead atoms. The Morgan fingerprint density at radius 3 is 2.88 bits per heavy atom. The SMILES string of the molecule is COc1ccc(-c2csc3ncnc(N4CCNC(C(N)=O)C4)c23)cc1. The number of nitrogens with two attached hydrogens (primary N) is 1. The van der Waals surface area contributed by atoms with E-state index in [4.69, 9.17) is 10.5 Å². The molecule has 1 aliphatic heterocycles. The van der Waals surface area contributed by atoms with E-state index < -0.39 is 0 Å². The predicted octanol–water partition coefficient (Wildman–Crippen LogP) is 1.63. The molecule has 7 nitrogen and oxygen atoms in total. The van der Waals surface area contributed by atoms with Crippen molar-refractivity contribution in [3.05, 3.63) is 36.0 Å². The van der Waals surface area contributed by atoms with E-state index in [9.17, 15) is 4.79 Å². The molecule has 0 radical (unpaired) electrons. The fourth-order valence-electron chi connectivity index (χ4n) is 3.22. The molecule has 1 fully saturated rings. The van der Waals surface area contributed by atoms with Crippen LogP contribution in [0.15, 0.2) is 36.0 Å². The number of methoxy groups -OCH3 is 1. The van der Waals surface area contributed by atoms with E-state index in [0.717, 1.165) is 39.5 Å². The summed E-state index contributed by atoms with van der Waals surface area (Å²) < 4.78 is 5.25. The highest BCUT2D eigenvalue weighted by Gasteiger charge is 2.26. The minimum absolute atomic E-state index is 0.347. The van der Waals surface area contributed by atoms with Crippen LogP contribution in [-0.2, 0) is 4.79 Å². The first-order chi connectivity index (χ1) is 12.7. The number of rotatable bonds is 4. The highest BCUT2D eigenvalue weighted by Crippen LogP contribution is 2.38. The lowest BCUT2D eigenvalue weighted by Crippen LogP contribution is -2.56. The molecule has 8 heteroatoms. The first-order valence-corrected chi connectivity index (χ1v) is 9.19. The predicted molar refractivity (Wildman–Crippen MR) is 103 cm³/mol. The lowest BCUT2D eigenvalue weighted by molar-refractivity contribution is -0.120. The van der Waals surface area contributed by atoms with Gasteiger partial charge in [0, 0.05) is 30.6 Å². The highest BCUT2D eigenvalue weighted by atomic mass is 32.1. The van der Waals surface area contributed by atoms with Crippen molar-refractivity contribution in [1.82, 2.24) is 15.3 Å². The van der Waals surface area contributed by atoms with Crippen molar-refractivity contribution in [1.29, 1.82) is 0 Å². The van der Waals surface area contributed by atoms with E-state index in [0.29, 0.717) is 13.1 Å². The highest BCUT2D eigenvalue weighted by molar-refractivity contribution is 7.17. The molecule has 1 aromatic carbocycles. The maximum Gasteiger partial charge on any atom is 0.236 e. The van der Waals surface area contributed by atoms with E-state index in [1.807, 2.05) is 24.3 Å². The van der Waals surface area contributed by atoms with Gasteiger partial charge in [0.15, 0.2) is 0 Å². The van der Waals surface area contributed by atoms with E-state index >= 15 is 0 Å². The number of hydrogen-bond donors (Lipinski definition) is 2. The molecular formula is C18H19N5O2S. The van der Waals surface area contributed by atoms with Crippen LogP contribution < -0.4 is 20.7 Å². The van der Waals surface area contributed by atoms with Crippen LogP contribution >= 0.6 is 11.3 Å². The number of aromatic nitrogens is 2. The van der Waals surface area contributed by atoms with Crippen LogP contribution in [0.5, 0.6) is 5.75 Å². The summed E-state index contributed by atoms with van der Waals surface area (Å²) in [6.45, 7) is 1.94. The Morgan fingerprint density at radius 2 is 2.15 bits per heavy atom. The van der Waals surface area contributed by atoms with Crippen molar-refractivity contribution >= 4 is 33.3 Å². The van der Waals surface area contributed by atoms with E-state index in [-0.39, 0.29) is 11.9 Å². The first-order valence-electron chi connectivity index (χ1n) is 8.31. The van der Waals surface area contributed by atoms with Gasteiger partial charge < -0.3 is 20.7 Å². The second-order valence-electron chi connectivity index (χ2n) is 6.11. The number of fused-ring (bicyclic) bond motifs is 1. The Kier molecular flexibility index (Phi) is 4.44. The lowest BCUT2D eigenvalue weighted by Gasteiger charge is -2.33. The number of amides is 1. The first kappa shape index (κ1) is 16.7. The maximum absolute atomic E-state index is 11.6. The standard InChI is InChI=1S/C18H19N5O2S/c1-25-12-4-2-11(3-5-12)13-9-26-18-15(13)17(21-10-22-18)23-7-6-20-14(8-23)16(19)24/h2-5,9-10,14,20H,6-8H2,1H3,(H2,19,24). The average Bonchev–Trinajstić information content (AvgIpc) is 3.12. The quantitative estimate of drug-likeness (QED) is 0.726. The van der Waals surface area contributed by atoms with Gasteiger partial charge in [-0.15, -0.1) is 11.3 Å². The Labute approximate surface area is 154 Å². The summed E-state index contributed by atoms with van der Waals surface area (Å²) >= 11 is 1.59. The average molecular weight is 369 g/mol. The van der Waals surface area contributed by atoms with Gasteiger partial charge in [0.2, 0.25) is 5.91 Å². The molecule has 1 saturated heterocycles. The number of ether oxygens (including phenoxy) is 1. The number of primary amides is 1. The molecule has 2 aromatic heterocycles. The Morgan fingerprint density at radius 1 is 1.35 bits per heavy atom. The third-order valence-corrected chi connectivity index (χ3v) is 5.46. The van der Waals surface area contributed by atoms with Crippen LogP contribution in [0.1, 0.15) is 0 Å². The number of nitrogens with one attached hydrogen (secondary N) is 1. The summed E-state index contributed by atoms with van der Waals surface area (Å²) in [5.74, 6) is 1.31. The van der Waals surface area contributed by atoms with Crippen molar-refractivity contribution in [3.8, 4) is 16.9 Å². The number of anilines is 1. The topological polar surface area (TPSA) is 93.4 Å². The molecule has 0 aliphatic carbocycles. The molecular weight excluding hydrogens is 350 g/mol. The van der Waals surface area contributed by atoms with Crippen molar-refractivity contribution in [2.24, 2.45) is 5.73 Å². The molecule has 0 saturated carbocycles. The molecule has 1 amide bonds. The summed E-state index contributed by atoms with van der Waals surface area (Å²) in [5, 5.41) is 6.25. The number of thiophene rings is 1. The van der Waals surface area contributed by atoms with Gasteiger partial charge >= 0.3 is 0 Å². The zero-order valence-electron chi connectivity index (χ0n) is 14.3. The largest absolute Gasteiger partial charge is 0.497 e. The molecule has 0 spiro atoms. The number of benzene rings is 1. The maximum atomic E-state index is 11.6. The summed E-state index contributed by atoms with van der Waals surface area (Å²) in [6, 6.07) is 7.56. The Bertz CT molecular complexity index is 940. The fraction of sp³-hybridized carbons (Fsp3) is 0.278.